The number of imidazole rings is 2. The van der Waals surface area contributed by atoms with Gasteiger partial charge in [-0.2, -0.15) is 0 Å². The van der Waals surface area contributed by atoms with Crippen molar-refractivity contribution in [2.24, 2.45) is 0 Å². The summed E-state index contributed by atoms with van der Waals surface area (Å²) >= 11 is 4.78. The number of nitrogens with zero attached hydrogens (tertiary/aromatic N) is 2. The van der Waals surface area contributed by atoms with Gasteiger partial charge in [0.2, 0.25) is 5.91 Å². The lowest BCUT2D eigenvalue weighted by molar-refractivity contribution is -0.113. The minimum atomic E-state index is -0.288. The van der Waals surface area contributed by atoms with E-state index in [4.69, 9.17) is 0 Å². The molecule has 9 heteroatoms. The van der Waals surface area contributed by atoms with Crippen LogP contribution in [0.3, 0.4) is 0 Å². The van der Waals surface area contributed by atoms with E-state index in [2.05, 4.69) is 42.3 Å². The third kappa shape index (κ3) is 3.90. The maximum atomic E-state index is 12.4. The van der Waals surface area contributed by atoms with Crippen molar-refractivity contribution in [2.75, 3.05) is 11.1 Å². The largest absolute Gasteiger partial charge is 0.324 e. The zero-order chi connectivity index (χ0) is 19.7. The molecule has 0 radical (unpaired) electrons. The van der Waals surface area contributed by atoms with Gasteiger partial charge in [0.25, 0.3) is 0 Å². The summed E-state index contributed by atoms with van der Waals surface area (Å²) in [6.45, 7) is 2.03. The summed E-state index contributed by atoms with van der Waals surface area (Å²) in [7, 11) is 0. The van der Waals surface area contributed by atoms with Gasteiger partial charge in [0.05, 0.1) is 22.5 Å². The normalized spacial score (nSPS) is 11.1. The van der Waals surface area contributed by atoms with E-state index in [9.17, 15) is 9.59 Å². The van der Waals surface area contributed by atoms with Crippen LogP contribution in [-0.2, 0) is 4.79 Å². The lowest BCUT2D eigenvalue weighted by Gasteiger charge is -2.09. The third-order valence-corrected chi connectivity index (χ3v) is 5.72. The van der Waals surface area contributed by atoms with E-state index in [-0.39, 0.29) is 17.3 Å². The standard InChI is InChI=1S/C19H16BrN5O2S/c1-11-3-2-4-12(7-11)25-6-5-21-19(25)28-10-17(26)22-14-9-16-15(8-13(14)20)23-18(27)24-16/h2-9H,10H2,1H3,(H,22,26)(H2,23,24,27). The molecule has 0 spiro atoms. The number of rotatable bonds is 5. The van der Waals surface area contributed by atoms with Gasteiger partial charge in [0.15, 0.2) is 5.16 Å². The quantitative estimate of drug-likeness (QED) is 0.396. The van der Waals surface area contributed by atoms with Gasteiger partial charge >= 0.3 is 5.69 Å². The van der Waals surface area contributed by atoms with Crippen LogP contribution in [0.2, 0.25) is 0 Å². The molecule has 0 saturated heterocycles. The third-order valence-electron chi connectivity index (χ3n) is 4.10. The molecule has 0 unspecified atom stereocenters. The van der Waals surface area contributed by atoms with Crippen molar-refractivity contribution in [1.82, 2.24) is 19.5 Å². The lowest BCUT2D eigenvalue weighted by atomic mass is 10.2. The number of hydrogen-bond acceptors (Lipinski definition) is 4. The molecule has 2 heterocycles. The van der Waals surface area contributed by atoms with E-state index in [1.165, 1.54) is 11.8 Å². The molecule has 1 amide bonds. The maximum absolute atomic E-state index is 12.4. The zero-order valence-corrected chi connectivity index (χ0v) is 17.2. The average molecular weight is 458 g/mol. The molecule has 7 nitrogen and oxygen atoms in total. The number of amides is 1. The Balaban J connectivity index is 1.47. The summed E-state index contributed by atoms with van der Waals surface area (Å²) in [6.07, 6.45) is 3.59. The van der Waals surface area contributed by atoms with Gasteiger partial charge in [-0.15, -0.1) is 0 Å². The molecule has 142 valence electrons. The van der Waals surface area contributed by atoms with Gasteiger partial charge in [0, 0.05) is 22.6 Å². The number of hydrogen-bond donors (Lipinski definition) is 3. The summed E-state index contributed by atoms with van der Waals surface area (Å²) < 4.78 is 2.65. The number of fused-ring (bicyclic) bond motifs is 1. The summed E-state index contributed by atoms with van der Waals surface area (Å²) in [4.78, 5) is 33.6. The average Bonchev–Trinajstić information content (AvgIpc) is 3.25. The molecular weight excluding hydrogens is 442 g/mol. The smallest absolute Gasteiger partial charge is 0.323 e. The molecule has 28 heavy (non-hydrogen) atoms. The predicted molar refractivity (Wildman–Crippen MR) is 114 cm³/mol. The molecule has 4 rings (SSSR count). The first-order chi connectivity index (χ1) is 13.5. The van der Waals surface area contributed by atoms with Gasteiger partial charge in [-0.1, -0.05) is 23.9 Å². The first kappa shape index (κ1) is 18.6. The highest BCUT2D eigenvalue weighted by Crippen LogP contribution is 2.27. The number of carbonyl (C=O) groups excluding carboxylic acids is 1. The van der Waals surface area contributed by atoms with E-state index in [0.717, 1.165) is 16.4 Å². The number of aromatic nitrogens is 4. The van der Waals surface area contributed by atoms with E-state index in [1.54, 1.807) is 18.3 Å². The van der Waals surface area contributed by atoms with E-state index in [1.807, 2.05) is 35.9 Å². The highest BCUT2D eigenvalue weighted by Gasteiger charge is 2.12. The highest BCUT2D eigenvalue weighted by molar-refractivity contribution is 9.10. The van der Waals surface area contributed by atoms with Crippen molar-refractivity contribution < 1.29 is 4.79 Å². The Hall–Kier alpha value is -2.78. The van der Waals surface area contributed by atoms with Crippen LogP contribution in [0.25, 0.3) is 16.7 Å². The summed E-state index contributed by atoms with van der Waals surface area (Å²) in [5.41, 5.74) is 3.77. The first-order valence-electron chi connectivity index (χ1n) is 8.44. The van der Waals surface area contributed by atoms with Crippen LogP contribution in [0.5, 0.6) is 0 Å². The van der Waals surface area contributed by atoms with Gasteiger partial charge in [0.1, 0.15) is 0 Å². The Morgan fingerprint density at radius 2 is 2.04 bits per heavy atom. The number of aromatic amines is 2. The zero-order valence-electron chi connectivity index (χ0n) is 14.8. The Morgan fingerprint density at radius 1 is 1.25 bits per heavy atom. The molecule has 4 aromatic rings. The van der Waals surface area contributed by atoms with Crippen molar-refractivity contribution in [3.63, 3.8) is 0 Å². The molecule has 0 bridgehead atoms. The van der Waals surface area contributed by atoms with Gasteiger partial charge < -0.3 is 15.3 Å². The Labute approximate surface area is 172 Å². The SMILES string of the molecule is Cc1cccc(-n2ccnc2SCC(=O)Nc2cc3[nH]c(=O)[nH]c3cc2Br)c1. The minimum Gasteiger partial charge on any atom is -0.324 e. The number of halogens is 1. The molecular formula is C19H16BrN5O2S. The second kappa shape index (κ2) is 7.69. The van der Waals surface area contributed by atoms with E-state index >= 15 is 0 Å². The van der Waals surface area contributed by atoms with Crippen molar-refractivity contribution in [1.29, 1.82) is 0 Å². The number of carbonyl (C=O) groups is 1. The van der Waals surface area contributed by atoms with E-state index < -0.39 is 0 Å². The van der Waals surface area contributed by atoms with Crippen LogP contribution in [0.1, 0.15) is 5.56 Å². The number of benzene rings is 2. The number of anilines is 1. The summed E-state index contributed by atoms with van der Waals surface area (Å²) in [6, 6.07) is 11.6. The van der Waals surface area contributed by atoms with Crippen LogP contribution in [0.4, 0.5) is 5.69 Å². The second-order valence-corrected chi connectivity index (χ2v) is 8.01. The van der Waals surface area contributed by atoms with Crippen LogP contribution >= 0.6 is 27.7 Å². The number of H-pyrrole nitrogens is 2. The van der Waals surface area contributed by atoms with Crippen LogP contribution in [-0.4, -0.2) is 31.2 Å². The number of nitrogens with one attached hydrogen (secondary N) is 3. The summed E-state index contributed by atoms with van der Waals surface area (Å²) in [5.74, 6) is 0.0403. The maximum Gasteiger partial charge on any atom is 0.323 e. The molecule has 2 aromatic carbocycles. The van der Waals surface area contributed by atoms with Crippen LogP contribution < -0.4 is 11.0 Å². The number of thioether (sulfide) groups is 1. The minimum absolute atomic E-state index is 0.165. The molecule has 3 N–H and O–H groups in total. The summed E-state index contributed by atoms with van der Waals surface area (Å²) in [5, 5.41) is 3.60. The van der Waals surface area contributed by atoms with Crippen molar-refractivity contribution in [3.05, 3.63) is 69.3 Å². The fraction of sp³-hybridized carbons (Fsp3) is 0.105. The van der Waals surface area contributed by atoms with Crippen molar-refractivity contribution in [2.45, 2.75) is 12.1 Å². The second-order valence-electron chi connectivity index (χ2n) is 6.21. The van der Waals surface area contributed by atoms with Crippen molar-refractivity contribution in [3.8, 4) is 5.69 Å². The number of aryl methyl sites for hydroxylation is 1. The molecule has 0 aliphatic heterocycles. The lowest BCUT2D eigenvalue weighted by Crippen LogP contribution is -2.15. The van der Waals surface area contributed by atoms with Crippen molar-refractivity contribution >= 4 is 50.3 Å². The van der Waals surface area contributed by atoms with E-state index in [0.29, 0.717) is 21.2 Å². The predicted octanol–water partition coefficient (Wildman–Crippen LogP) is 3.84. The molecule has 0 fully saturated rings. The Kier molecular flexibility index (Phi) is 5.10. The molecule has 0 saturated carbocycles. The monoisotopic (exact) mass is 457 g/mol. The van der Waals surface area contributed by atoms with Gasteiger partial charge in [-0.3, -0.25) is 9.36 Å². The van der Waals surface area contributed by atoms with Crippen LogP contribution in [0, 0.1) is 6.92 Å². The molecule has 0 aliphatic rings. The highest BCUT2D eigenvalue weighted by atomic mass is 79.9. The van der Waals surface area contributed by atoms with Gasteiger partial charge in [-0.25, -0.2) is 9.78 Å². The molecule has 0 atom stereocenters. The fourth-order valence-electron chi connectivity index (χ4n) is 2.84. The van der Waals surface area contributed by atoms with Crippen LogP contribution in [0.15, 0.2) is 63.2 Å². The Morgan fingerprint density at radius 3 is 2.82 bits per heavy atom. The fourth-order valence-corrected chi connectivity index (χ4v) is 4.05. The topological polar surface area (TPSA) is 95.6 Å². The molecule has 2 aromatic heterocycles. The first-order valence-corrected chi connectivity index (χ1v) is 10.2. The van der Waals surface area contributed by atoms with Gasteiger partial charge in [-0.05, 0) is 52.7 Å². The Bertz CT molecular complexity index is 1230. The molecule has 0 aliphatic carbocycles.